The normalized spacial score (nSPS) is 10.2. The van der Waals surface area contributed by atoms with Crippen molar-refractivity contribution in [1.82, 2.24) is 5.32 Å². The number of carbonyl (C=O) groups excluding carboxylic acids is 1. The summed E-state index contributed by atoms with van der Waals surface area (Å²) in [4.78, 5) is 12.0. The molecule has 2 rings (SSSR count). The van der Waals surface area contributed by atoms with Gasteiger partial charge in [0.15, 0.2) is 0 Å². The van der Waals surface area contributed by atoms with E-state index in [-0.39, 0.29) is 5.91 Å². The van der Waals surface area contributed by atoms with Crippen LogP contribution >= 0.6 is 27.5 Å². The zero-order valence-electron chi connectivity index (χ0n) is 9.99. The Balaban J connectivity index is 2.05. The van der Waals surface area contributed by atoms with Crippen LogP contribution in [-0.4, -0.2) is 5.91 Å². The largest absolute Gasteiger partial charge is 0.398 e. The summed E-state index contributed by atoms with van der Waals surface area (Å²) in [6, 6.07) is 12.6. The van der Waals surface area contributed by atoms with Crippen LogP contribution < -0.4 is 11.1 Å². The van der Waals surface area contributed by atoms with Crippen LogP contribution in [0, 0.1) is 0 Å². The molecule has 98 valence electrons. The third kappa shape index (κ3) is 3.72. The molecule has 0 heterocycles. The number of anilines is 1. The van der Waals surface area contributed by atoms with Crippen LogP contribution in [0.3, 0.4) is 0 Å². The number of benzene rings is 2. The SMILES string of the molecule is Nc1cc(Cl)ccc1C(=O)NCc1cccc(Br)c1. The van der Waals surface area contributed by atoms with Gasteiger partial charge >= 0.3 is 0 Å². The molecule has 19 heavy (non-hydrogen) atoms. The van der Waals surface area contributed by atoms with Gasteiger partial charge in [0.25, 0.3) is 5.91 Å². The van der Waals surface area contributed by atoms with Gasteiger partial charge in [0.05, 0.1) is 5.56 Å². The van der Waals surface area contributed by atoms with E-state index in [4.69, 9.17) is 17.3 Å². The Labute approximate surface area is 124 Å². The molecule has 2 aromatic carbocycles. The van der Waals surface area contributed by atoms with Crippen LogP contribution in [0.25, 0.3) is 0 Å². The Kier molecular flexibility index (Phi) is 4.45. The number of amides is 1. The fourth-order valence-corrected chi connectivity index (χ4v) is 2.29. The molecule has 0 saturated heterocycles. The minimum atomic E-state index is -0.214. The van der Waals surface area contributed by atoms with Gasteiger partial charge in [-0.05, 0) is 35.9 Å². The van der Waals surface area contributed by atoms with Gasteiger partial charge in [-0.15, -0.1) is 0 Å². The number of nitrogens with two attached hydrogens (primary N) is 1. The van der Waals surface area contributed by atoms with Gasteiger partial charge in [-0.1, -0.05) is 39.7 Å². The molecule has 0 spiro atoms. The first kappa shape index (κ1) is 13.9. The number of hydrogen-bond donors (Lipinski definition) is 2. The van der Waals surface area contributed by atoms with E-state index in [1.165, 1.54) is 0 Å². The van der Waals surface area contributed by atoms with Crippen molar-refractivity contribution in [2.24, 2.45) is 0 Å². The molecule has 5 heteroatoms. The molecule has 1 amide bonds. The molecule has 0 fully saturated rings. The summed E-state index contributed by atoms with van der Waals surface area (Å²) >= 11 is 9.18. The van der Waals surface area contributed by atoms with Crippen molar-refractivity contribution in [3.8, 4) is 0 Å². The van der Waals surface area contributed by atoms with Crippen molar-refractivity contribution >= 4 is 39.1 Å². The maximum atomic E-state index is 12.0. The monoisotopic (exact) mass is 338 g/mol. The topological polar surface area (TPSA) is 55.1 Å². The van der Waals surface area contributed by atoms with Crippen LogP contribution in [-0.2, 0) is 6.54 Å². The lowest BCUT2D eigenvalue weighted by molar-refractivity contribution is 0.0952. The van der Waals surface area contributed by atoms with Crippen LogP contribution in [0.4, 0.5) is 5.69 Å². The second kappa shape index (κ2) is 6.08. The highest BCUT2D eigenvalue weighted by Gasteiger charge is 2.09. The summed E-state index contributed by atoms with van der Waals surface area (Å²) < 4.78 is 0.977. The van der Waals surface area contributed by atoms with Crippen molar-refractivity contribution in [1.29, 1.82) is 0 Å². The Bertz CT molecular complexity index is 616. The lowest BCUT2D eigenvalue weighted by Crippen LogP contribution is -2.23. The van der Waals surface area contributed by atoms with E-state index in [2.05, 4.69) is 21.2 Å². The molecular formula is C14H12BrClN2O. The zero-order chi connectivity index (χ0) is 13.8. The molecule has 0 atom stereocenters. The van der Waals surface area contributed by atoms with E-state index in [0.717, 1.165) is 10.0 Å². The van der Waals surface area contributed by atoms with Crippen LogP contribution in [0.1, 0.15) is 15.9 Å². The van der Waals surface area contributed by atoms with Crippen LogP contribution in [0.5, 0.6) is 0 Å². The van der Waals surface area contributed by atoms with Gasteiger partial charge in [-0.3, -0.25) is 4.79 Å². The van der Waals surface area contributed by atoms with E-state index in [1.54, 1.807) is 18.2 Å². The zero-order valence-corrected chi connectivity index (χ0v) is 12.3. The molecule has 3 N–H and O–H groups in total. The van der Waals surface area contributed by atoms with Crippen molar-refractivity contribution < 1.29 is 4.79 Å². The molecule has 0 bridgehead atoms. The number of carbonyl (C=O) groups is 1. The Morgan fingerprint density at radius 3 is 2.74 bits per heavy atom. The Hall–Kier alpha value is -1.52. The summed E-state index contributed by atoms with van der Waals surface area (Å²) in [5, 5.41) is 3.33. The average molecular weight is 340 g/mol. The minimum Gasteiger partial charge on any atom is -0.398 e. The number of halogens is 2. The fraction of sp³-hybridized carbons (Fsp3) is 0.0714. The highest BCUT2D eigenvalue weighted by atomic mass is 79.9. The van der Waals surface area contributed by atoms with Crippen LogP contribution in [0.2, 0.25) is 5.02 Å². The lowest BCUT2D eigenvalue weighted by atomic mass is 10.1. The standard InChI is InChI=1S/C14H12BrClN2O/c15-10-3-1-2-9(6-10)8-18-14(19)12-5-4-11(16)7-13(12)17/h1-7H,8,17H2,(H,18,19). The molecule has 0 aliphatic carbocycles. The third-order valence-electron chi connectivity index (χ3n) is 2.60. The van der Waals surface area contributed by atoms with E-state index in [0.29, 0.717) is 22.8 Å². The molecule has 3 nitrogen and oxygen atoms in total. The molecule has 0 radical (unpaired) electrons. The van der Waals surface area contributed by atoms with E-state index in [9.17, 15) is 4.79 Å². The average Bonchev–Trinajstić information content (AvgIpc) is 2.36. The van der Waals surface area contributed by atoms with Gasteiger partial charge in [-0.2, -0.15) is 0 Å². The number of rotatable bonds is 3. The fourth-order valence-electron chi connectivity index (χ4n) is 1.66. The first-order valence-corrected chi connectivity index (χ1v) is 6.81. The molecule has 0 saturated carbocycles. The molecule has 0 aliphatic heterocycles. The van der Waals surface area contributed by atoms with E-state index >= 15 is 0 Å². The summed E-state index contributed by atoms with van der Waals surface area (Å²) in [7, 11) is 0. The summed E-state index contributed by atoms with van der Waals surface area (Å²) in [5.74, 6) is -0.214. The summed E-state index contributed by atoms with van der Waals surface area (Å²) in [6.07, 6.45) is 0. The predicted molar refractivity (Wildman–Crippen MR) is 81.2 cm³/mol. The van der Waals surface area contributed by atoms with E-state index < -0.39 is 0 Å². The number of nitrogens with one attached hydrogen (secondary N) is 1. The Morgan fingerprint density at radius 2 is 2.05 bits per heavy atom. The molecule has 0 unspecified atom stereocenters. The molecule has 2 aromatic rings. The van der Waals surface area contributed by atoms with Gasteiger partial charge < -0.3 is 11.1 Å². The number of hydrogen-bond acceptors (Lipinski definition) is 2. The van der Waals surface area contributed by atoms with Gasteiger partial charge in [0.2, 0.25) is 0 Å². The predicted octanol–water partition coefficient (Wildman–Crippen LogP) is 3.61. The second-order valence-electron chi connectivity index (χ2n) is 4.04. The summed E-state index contributed by atoms with van der Waals surface area (Å²) in [6.45, 7) is 0.445. The lowest BCUT2D eigenvalue weighted by Gasteiger charge is -2.08. The van der Waals surface area contributed by atoms with E-state index in [1.807, 2.05) is 24.3 Å². The molecule has 0 aliphatic rings. The summed E-state index contributed by atoms with van der Waals surface area (Å²) in [5.41, 5.74) is 7.58. The van der Waals surface area contributed by atoms with Crippen molar-refractivity contribution in [3.63, 3.8) is 0 Å². The van der Waals surface area contributed by atoms with Gasteiger partial charge in [-0.25, -0.2) is 0 Å². The van der Waals surface area contributed by atoms with Crippen molar-refractivity contribution in [2.45, 2.75) is 6.54 Å². The quantitative estimate of drug-likeness (QED) is 0.839. The maximum Gasteiger partial charge on any atom is 0.253 e. The third-order valence-corrected chi connectivity index (χ3v) is 3.33. The van der Waals surface area contributed by atoms with Crippen molar-refractivity contribution in [3.05, 3.63) is 63.1 Å². The molecule has 0 aromatic heterocycles. The maximum absolute atomic E-state index is 12.0. The van der Waals surface area contributed by atoms with Crippen LogP contribution in [0.15, 0.2) is 46.9 Å². The minimum absolute atomic E-state index is 0.214. The Morgan fingerprint density at radius 1 is 1.26 bits per heavy atom. The van der Waals surface area contributed by atoms with Gasteiger partial charge in [0.1, 0.15) is 0 Å². The first-order chi connectivity index (χ1) is 9.06. The first-order valence-electron chi connectivity index (χ1n) is 5.64. The second-order valence-corrected chi connectivity index (χ2v) is 5.40. The number of nitrogen functional groups attached to an aromatic ring is 1. The highest BCUT2D eigenvalue weighted by Crippen LogP contribution is 2.18. The van der Waals surface area contributed by atoms with Gasteiger partial charge in [0, 0.05) is 21.7 Å². The van der Waals surface area contributed by atoms with Crippen molar-refractivity contribution in [2.75, 3.05) is 5.73 Å². The molecular weight excluding hydrogens is 328 g/mol. The smallest absolute Gasteiger partial charge is 0.253 e. The highest BCUT2D eigenvalue weighted by molar-refractivity contribution is 9.10.